The first-order chi connectivity index (χ1) is 31.3. The Morgan fingerprint density at radius 3 is 2.40 bits per heavy atom. The largest absolute Gasteiger partial charge is 0.459 e. The lowest BCUT2D eigenvalue weighted by molar-refractivity contribution is -0.303. The van der Waals surface area contributed by atoms with Crippen molar-refractivity contribution in [3.8, 4) is 0 Å². The summed E-state index contributed by atoms with van der Waals surface area (Å²) in [5.41, 5.74) is -0.114. The summed E-state index contributed by atoms with van der Waals surface area (Å²) in [5.74, 6) is -4.33. The van der Waals surface area contributed by atoms with Crippen molar-refractivity contribution >= 4 is 27.4 Å². The first kappa shape index (κ1) is 54.5. The van der Waals surface area contributed by atoms with Gasteiger partial charge in [-0.1, -0.05) is 57.2 Å². The van der Waals surface area contributed by atoms with Gasteiger partial charge < -0.3 is 39.2 Å². The van der Waals surface area contributed by atoms with Crippen molar-refractivity contribution in [1.82, 2.24) is 19.9 Å². The van der Waals surface area contributed by atoms with Gasteiger partial charge in [-0.05, 0) is 103 Å². The molecule has 0 radical (unpaired) electrons. The Hall–Kier alpha value is -3.49. The number of alkyl halides is 1. The second-order valence-electron chi connectivity index (χ2n) is 20.2. The molecular weight excluding hydrogens is 886 g/mol. The number of ether oxygens (including phenoxy) is 4. The summed E-state index contributed by atoms with van der Waals surface area (Å²) in [6.07, 6.45) is -0.648. The Bertz CT molecular complexity index is 2150. The molecule has 3 saturated heterocycles. The maximum atomic E-state index is 14.4. The number of carbonyl (C=O) groups excluding carboxylic acids is 2. The molecule has 67 heavy (non-hydrogen) atoms. The average molecular weight is 962 g/mol. The number of carbonyl (C=O) groups is 2. The second-order valence-corrected chi connectivity index (χ2v) is 22.2. The number of aliphatic imine (C=N–C) groups is 1. The highest BCUT2D eigenvalue weighted by atomic mass is 32.2. The number of benzene rings is 1. The van der Waals surface area contributed by atoms with Crippen LogP contribution in [0.15, 0.2) is 52.5 Å². The fourth-order valence-electron chi connectivity index (χ4n) is 10.6. The number of aliphatic hydroxyl groups excluding tert-OH is 2. The van der Waals surface area contributed by atoms with Gasteiger partial charge in [-0.3, -0.25) is 9.59 Å². The van der Waals surface area contributed by atoms with Gasteiger partial charge in [-0.25, -0.2) is 22.5 Å². The predicted octanol–water partition coefficient (Wildman–Crippen LogP) is 5.27. The summed E-state index contributed by atoms with van der Waals surface area (Å²) in [6.45, 7) is 20.1. The highest BCUT2D eigenvalue weighted by molar-refractivity contribution is 7.90. The van der Waals surface area contributed by atoms with E-state index in [0.717, 1.165) is 17.4 Å². The molecule has 0 unspecified atom stereocenters. The van der Waals surface area contributed by atoms with Crippen LogP contribution in [0.4, 0.5) is 4.39 Å². The lowest BCUT2D eigenvalue weighted by Crippen LogP contribution is -2.60. The summed E-state index contributed by atoms with van der Waals surface area (Å²) in [4.78, 5) is 33.6. The minimum atomic E-state index is -3.36. The Morgan fingerprint density at radius 2 is 1.79 bits per heavy atom. The van der Waals surface area contributed by atoms with Crippen LogP contribution in [-0.2, 0) is 51.2 Å². The minimum absolute atomic E-state index is 0.113. The maximum absolute atomic E-state index is 14.4. The van der Waals surface area contributed by atoms with Crippen LogP contribution in [0.5, 0.6) is 0 Å². The van der Waals surface area contributed by atoms with Gasteiger partial charge in [0.25, 0.3) is 0 Å². The van der Waals surface area contributed by atoms with Gasteiger partial charge in [0.15, 0.2) is 16.1 Å². The van der Waals surface area contributed by atoms with E-state index in [0.29, 0.717) is 50.1 Å². The van der Waals surface area contributed by atoms with Gasteiger partial charge in [0.2, 0.25) is 5.91 Å². The van der Waals surface area contributed by atoms with E-state index in [9.17, 15) is 37.7 Å². The average Bonchev–Trinajstić information content (AvgIpc) is 3.74. The van der Waals surface area contributed by atoms with E-state index >= 15 is 0 Å². The molecule has 15 atom stereocenters. The number of nitrogens with zero attached hydrogens (tertiary/aromatic N) is 5. The number of hydrogen-bond acceptors (Lipinski definition) is 14. The summed E-state index contributed by atoms with van der Waals surface area (Å²) >= 11 is 0. The number of esters is 1. The van der Waals surface area contributed by atoms with E-state index in [4.69, 9.17) is 18.9 Å². The Morgan fingerprint density at radius 1 is 1.12 bits per heavy atom. The smallest absolute Gasteiger partial charge is 0.311 e. The number of cyclic esters (lactones) is 1. The molecule has 1 aromatic heterocycles. The van der Waals surface area contributed by atoms with Crippen LogP contribution >= 0.6 is 0 Å². The number of rotatable bonds is 12. The number of amides is 1. The molecule has 0 spiro atoms. The molecule has 18 heteroatoms. The van der Waals surface area contributed by atoms with E-state index in [1.54, 1.807) is 39.1 Å². The fraction of sp³-hybridized carbons (Fsp3) is 0.735. The van der Waals surface area contributed by atoms with E-state index in [1.165, 1.54) is 23.7 Å². The molecule has 5 rings (SSSR count). The van der Waals surface area contributed by atoms with Gasteiger partial charge in [0, 0.05) is 55.9 Å². The van der Waals surface area contributed by atoms with Gasteiger partial charge in [-0.15, -0.1) is 5.10 Å². The molecule has 2 bridgehead atoms. The maximum Gasteiger partial charge on any atom is 0.311 e. The third-order valence-corrected chi connectivity index (χ3v) is 15.8. The van der Waals surface area contributed by atoms with Gasteiger partial charge in [0.1, 0.15) is 24.5 Å². The van der Waals surface area contributed by atoms with Crippen LogP contribution in [0.1, 0.15) is 112 Å². The number of halogens is 1. The third-order valence-electron chi connectivity index (χ3n) is 14.6. The van der Waals surface area contributed by atoms with Crippen LogP contribution in [0.3, 0.4) is 0 Å². The summed E-state index contributed by atoms with van der Waals surface area (Å²) < 4.78 is 65.9. The number of likely N-dealkylation sites (N-methyl/N-ethyl adjacent to an activating group) is 1. The Kier molecular flexibility index (Phi) is 18.3. The zero-order chi connectivity index (χ0) is 49.8. The molecular formula is C49H76FN5O11S. The zero-order valence-corrected chi connectivity index (χ0v) is 42.1. The minimum Gasteiger partial charge on any atom is -0.459 e. The summed E-state index contributed by atoms with van der Waals surface area (Å²) in [7, 11) is -1.48. The number of aromatic nitrogens is 3. The standard InChI is InChI=1S/C49H76FN5O11S/c1-13-41-49(10,60)39-19-14-28(2)27-63-48(9,24-29(3)42(31(39)5)51-34(8)56)45(32(6)43(57)33(7)46(59)65-41)66-47-44(58)40(22-30(4)64-47)54(11)21-20-36-26-55(53-52-36)37(25-50)23-35-15-17-38(18-16-35)67(12,61)62/h15-18,26,29-33,37,39-41,43-45,47,57-58,60H,2,13-14,19-25,27H2,1,3-12H3/t29-,30-,31-,32+,33-,37+,39-,40+,41-,43+,44-,45-,47+,48-,49+/m1/s1. The van der Waals surface area contributed by atoms with Crippen LogP contribution in [-0.4, -0.2) is 148 Å². The molecule has 376 valence electrons. The van der Waals surface area contributed by atoms with Crippen molar-refractivity contribution in [2.45, 2.75) is 172 Å². The van der Waals surface area contributed by atoms with E-state index in [2.05, 4.69) is 21.9 Å². The Balaban J connectivity index is 1.43. The quantitative estimate of drug-likeness (QED) is 0.183. The molecule has 0 aliphatic carbocycles. The van der Waals surface area contributed by atoms with Gasteiger partial charge in [-0.2, -0.15) is 0 Å². The molecule has 2 aromatic rings. The molecule has 1 aromatic carbocycles. The normalized spacial score (nSPS) is 36.2. The topological polar surface area (TPSA) is 212 Å². The third kappa shape index (κ3) is 13.0. The van der Waals surface area contributed by atoms with Gasteiger partial charge >= 0.3 is 5.97 Å². The lowest BCUT2D eigenvalue weighted by atomic mass is 9.68. The molecule has 3 aliphatic rings. The zero-order valence-electron chi connectivity index (χ0n) is 41.3. The highest BCUT2D eigenvalue weighted by Gasteiger charge is 2.52. The van der Waals surface area contributed by atoms with Crippen molar-refractivity contribution in [3.63, 3.8) is 0 Å². The predicted molar refractivity (Wildman–Crippen MR) is 251 cm³/mol. The van der Waals surface area contributed by atoms with Crippen LogP contribution < -0.4 is 0 Å². The van der Waals surface area contributed by atoms with Crippen molar-refractivity contribution in [2.75, 3.05) is 33.1 Å². The number of fused-ring (bicyclic) bond motifs is 5. The number of aliphatic hydroxyl groups is 3. The number of sulfone groups is 1. The van der Waals surface area contributed by atoms with E-state index in [-0.39, 0.29) is 30.4 Å². The fourth-order valence-corrected chi connectivity index (χ4v) is 11.2. The molecule has 3 aliphatic heterocycles. The Labute approximate surface area is 396 Å². The molecule has 0 saturated carbocycles. The van der Waals surface area contributed by atoms with Crippen molar-refractivity contribution in [1.29, 1.82) is 0 Å². The van der Waals surface area contributed by atoms with Crippen molar-refractivity contribution in [2.24, 2.45) is 34.6 Å². The van der Waals surface area contributed by atoms with Crippen LogP contribution in [0, 0.1) is 29.6 Å². The number of hydrogen-bond donors (Lipinski definition) is 3. The molecule has 3 fully saturated rings. The second kappa shape index (κ2) is 22.5. The molecule has 3 N–H and O–H groups in total. The first-order valence-electron chi connectivity index (χ1n) is 23.8. The highest BCUT2D eigenvalue weighted by Crippen LogP contribution is 2.43. The summed E-state index contributed by atoms with van der Waals surface area (Å²) in [6, 6.07) is 5.23. The van der Waals surface area contributed by atoms with Crippen molar-refractivity contribution in [3.05, 3.63) is 53.9 Å². The van der Waals surface area contributed by atoms with E-state index in [1.807, 2.05) is 46.6 Å². The monoisotopic (exact) mass is 962 g/mol. The summed E-state index contributed by atoms with van der Waals surface area (Å²) in [5, 5.41) is 45.2. The lowest BCUT2D eigenvalue weighted by Gasteiger charge is -2.49. The van der Waals surface area contributed by atoms with Crippen LogP contribution in [0.25, 0.3) is 0 Å². The van der Waals surface area contributed by atoms with Crippen molar-refractivity contribution < 1.29 is 56.7 Å². The molecule has 1 amide bonds. The van der Waals surface area contributed by atoms with E-state index < -0.39 is 112 Å². The SMILES string of the molecule is C=C1CC[C@@H]2[C@@H](C)C(=NC(C)=O)[C@H](C)C[C@@](C)(OC1)[C@H](O[C@@H]1O[C@H](C)C[C@H](N(C)CCc3cn([C@H](CF)Cc4ccc(S(C)(=O)=O)cc4)nn3)[C@H]1O)[C@@H](C)[C@H](O)[C@@H](C)C(=O)O[C@H](CC)[C@@]2(C)O. The molecule has 4 heterocycles. The first-order valence-corrected chi connectivity index (χ1v) is 25.7. The van der Waals surface area contributed by atoms with Gasteiger partial charge in [0.05, 0.1) is 53.1 Å². The molecule has 16 nitrogen and oxygen atoms in total. The van der Waals surface area contributed by atoms with Crippen LogP contribution in [0.2, 0.25) is 0 Å².